The molecular formula is C20H23NO2. The molecule has 0 aliphatic heterocycles. The van der Waals surface area contributed by atoms with E-state index in [2.05, 4.69) is 60.1 Å². The van der Waals surface area contributed by atoms with Crippen LogP contribution in [0.3, 0.4) is 0 Å². The van der Waals surface area contributed by atoms with Gasteiger partial charge in [0.1, 0.15) is 0 Å². The molecule has 0 fully saturated rings. The molecule has 0 spiro atoms. The first-order valence-corrected chi connectivity index (χ1v) is 7.61. The highest BCUT2D eigenvalue weighted by atomic mass is 16.5. The average Bonchev–Trinajstić information content (AvgIpc) is 2.55. The van der Waals surface area contributed by atoms with Crippen LogP contribution in [-0.2, 0) is 16.1 Å². The van der Waals surface area contributed by atoms with Crippen LogP contribution in [0, 0.1) is 0 Å². The van der Waals surface area contributed by atoms with Crippen LogP contribution in [0.4, 0.5) is 0 Å². The molecule has 0 unspecified atom stereocenters. The molecule has 0 saturated carbocycles. The molecule has 0 bridgehead atoms. The topological polar surface area (TPSA) is 29.5 Å². The molecule has 0 atom stereocenters. The molecule has 0 saturated heterocycles. The Bertz CT molecular complexity index is 700. The van der Waals surface area contributed by atoms with E-state index < -0.39 is 0 Å². The summed E-state index contributed by atoms with van der Waals surface area (Å²) >= 11 is 0. The van der Waals surface area contributed by atoms with Crippen LogP contribution >= 0.6 is 0 Å². The van der Waals surface area contributed by atoms with Crippen molar-refractivity contribution < 1.29 is 9.53 Å². The second kappa shape index (κ2) is 7.75. The number of ether oxygens (including phenoxy) is 1. The minimum Gasteiger partial charge on any atom is -0.466 e. The quantitative estimate of drug-likeness (QED) is 0.618. The molecule has 0 aliphatic rings. The molecule has 0 aliphatic carbocycles. The summed E-state index contributed by atoms with van der Waals surface area (Å²) < 4.78 is 4.67. The number of rotatable bonds is 5. The summed E-state index contributed by atoms with van der Waals surface area (Å²) in [6.07, 6.45) is 1.51. The van der Waals surface area contributed by atoms with Gasteiger partial charge in [-0.05, 0) is 48.8 Å². The zero-order chi connectivity index (χ0) is 16.8. The van der Waals surface area contributed by atoms with Crippen molar-refractivity contribution in [2.45, 2.75) is 13.5 Å². The molecule has 0 heterocycles. The van der Waals surface area contributed by atoms with Crippen LogP contribution < -0.4 is 0 Å². The summed E-state index contributed by atoms with van der Waals surface area (Å²) in [6, 6.07) is 16.7. The van der Waals surface area contributed by atoms with Crippen molar-refractivity contribution in [3.63, 3.8) is 0 Å². The summed E-state index contributed by atoms with van der Waals surface area (Å²) in [5, 5.41) is 0. The van der Waals surface area contributed by atoms with Gasteiger partial charge in [-0.25, -0.2) is 4.79 Å². The Morgan fingerprint density at radius 3 is 2.35 bits per heavy atom. The van der Waals surface area contributed by atoms with Gasteiger partial charge in [0.05, 0.1) is 7.11 Å². The van der Waals surface area contributed by atoms with Gasteiger partial charge in [-0.15, -0.1) is 0 Å². The minimum atomic E-state index is -0.331. The number of allylic oxidation sites excluding steroid dienone is 1. The van der Waals surface area contributed by atoms with Crippen molar-refractivity contribution in [2.75, 3.05) is 21.2 Å². The van der Waals surface area contributed by atoms with E-state index in [0.29, 0.717) is 0 Å². The maximum absolute atomic E-state index is 11.3. The Kier molecular flexibility index (Phi) is 5.72. The second-order valence-electron chi connectivity index (χ2n) is 5.82. The SMILES string of the molecule is COC(=O)/C=C(\C)c1ccc(-c2ccccc2CN(C)C)cc1. The van der Waals surface area contributed by atoms with E-state index in [9.17, 15) is 4.79 Å². The van der Waals surface area contributed by atoms with Crippen LogP contribution in [-0.4, -0.2) is 32.1 Å². The first-order valence-electron chi connectivity index (χ1n) is 7.61. The molecule has 3 heteroatoms. The standard InChI is InChI=1S/C20H23NO2/c1-15(13-20(22)23-4)16-9-11-17(12-10-16)19-8-6-5-7-18(19)14-21(2)3/h5-13H,14H2,1-4H3/b15-13+. The first-order chi connectivity index (χ1) is 11.0. The predicted molar refractivity (Wildman–Crippen MR) is 94.9 cm³/mol. The van der Waals surface area contributed by atoms with E-state index in [1.807, 2.05) is 19.1 Å². The van der Waals surface area contributed by atoms with E-state index in [1.165, 1.54) is 29.9 Å². The highest BCUT2D eigenvalue weighted by Crippen LogP contribution is 2.26. The van der Waals surface area contributed by atoms with Gasteiger partial charge in [0.15, 0.2) is 0 Å². The monoisotopic (exact) mass is 309 g/mol. The third kappa shape index (κ3) is 4.54. The minimum absolute atomic E-state index is 0.331. The lowest BCUT2D eigenvalue weighted by molar-refractivity contribution is -0.134. The predicted octanol–water partition coefficient (Wildman–Crippen LogP) is 3.99. The molecule has 0 N–H and O–H groups in total. The number of benzene rings is 2. The fourth-order valence-electron chi connectivity index (χ4n) is 2.51. The molecule has 0 amide bonds. The van der Waals surface area contributed by atoms with Gasteiger partial charge < -0.3 is 9.64 Å². The molecule has 120 valence electrons. The van der Waals surface area contributed by atoms with E-state index in [-0.39, 0.29) is 5.97 Å². The molecule has 2 aromatic carbocycles. The van der Waals surface area contributed by atoms with Crippen LogP contribution in [0.15, 0.2) is 54.6 Å². The van der Waals surface area contributed by atoms with Crippen molar-refractivity contribution in [3.05, 3.63) is 65.7 Å². The lowest BCUT2D eigenvalue weighted by Gasteiger charge is -2.14. The van der Waals surface area contributed by atoms with Crippen molar-refractivity contribution in [2.24, 2.45) is 0 Å². The highest BCUT2D eigenvalue weighted by Gasteiger charge is 2.06. The van der Waals surface area contributed by atoms with Crippen molar-refractivity contribution >= 4 is 11.5 Å². The Balaban J connectivity index is 2.30. The Morgan fingerprint density at radius 1 is 1.09 bits per heavy atom. The number of methoxy groups -OCH3 is 1. The Labute approximate surface area is 138 Å². The average molecular weight is 309 g/mol. The van der Waals surface area contributed by atoms with Crippen LogP contribution in [0.25, 0.3) is 16.7 Å². The number of hydrogen-bond donors (Lipinski definition) is 0. The first kappa shape index (κ1) is 17.0. The van der Waals surface area contributed by atoms with E-state index in [0.717, 1.165) is 17.7 Å². The smallest absolute Gasteiger partial charge is 0.330 e. The Hall–Kier alpha value is -2.39. The summed E-state index contributed by atoms with van der Waals surface area (Å²) in [6.45, 7) is 2.81. The number of carbonyl (C=O) groups is 1. The summed E-state index contributed by atoms with van der Waals surface area (Å²) in [5.41, 5.74) is 5.63. The molecule has 3 nitrogen and oxygen atoms in total. The fourth-order valence-corrected chi connectivity index (χ4v) is 2.51. The molecule has 23 heavy (non-hydrogen) atoms. The summed E-state index contributed by atoms with van der Waals surface area (Å²) in [7, 11) is 5.53. The van der Waals surface area contributed by atoms with E-state index >= 15 is 0 Å². The third-order valence-corrected chi connectivity index (χ3v) is 3.69. The molecular weight excluding hydrogens is 286 g/mol. The summed E-state index contributed by atoms with van der Waals surface area (Å²) in [5.74, 6) is -0.331. The zero-order valence-corrected chi connectivity index (χ0v) is 14.2. The zero-order valence-electron chi connectivity index (χ0n) is 14.2. The normalized spacial score (nSPS) is 11.6. The second-order valence-corrected chi connectivity index (χ2v) is 5.82. The van der Waals surface area contributed by atoms with Gasteiger partial charge >= 0.3 is 5.97 Å². The molecule has 0 aromatic heterocycles. The largest absolute Gasteiger partial charge is 0.466 e. The van der Waals surface area contributed by atoms with Crippen LogP contribution in [0.5, 0.6) is 0 Å². The summed E-state index contributed by atoms with van der Waals surface area (Å²) in [4.78, 5) is 13.5. The van der Waals surface area contributed by atoms with E-state index in [1.54, 1.807) is 0 Å². The highest BCUT2D eigenvalue weighted by molar-refractivity contribution is 5.91. The fraction of sp³-hybridized carbons (Fsp3) is 0.250. The van der Waals surface area contributed by atoms with Gasteiger partial charge in [0, 0.05) is 12.6 Å². The Morgan fingerprint density at radius 2 is 1.74 bits per heavy atom. The molecule has 2 aromatic rings. The number of nitrogens with zero attached hydrogens (tertiary/aromatic N) is 1. The van der Waals surface area contributed by atoms with Crippen molar-refractivity contribution in [1.29, 1.82) is 0 Å². The van der Waals surface area contributed by atoms with Crippen molar-refractivity contribution in [1.82, 2.24) is 4.90 Å². The van der Waals surface area contributed by atoms with Crippen molar-refractivity contribution in [3.8, 4) is 11.1 Å². The van der Waals surface area contributed by atoms with Gasteiger partial charge in [-0.3, -0.25) is 0 Å². The van der Waals surface area contributed by atoms with Gasteiger partial charge in [0.25, 0.3) is 0 Å². The van der Waals surface area contributed by atoms with Gasteiger partial charge in [-0.2, -0.15) is 0 Å². The van der Waals surface area contributed by atoms with E-state index in [4.69, 9.17) is 0 Å². The maximum Gasteiger partial charge on any atom is 0.330 e. The lowest BCUT2D eigenvalue weighted by Crippen LogP contribution is -2.11. The number of hydrogen-bond acceptors (Lipinski definition) is 3. The number of esters is 1. The third-order valence-electron chi connectivity index (χ3n) is 3.69. The van der Waals surface area contributed by atoms with Gasteiger partial charge in [-0.1, -0.05) is 48.5 Å². The maximum atomic E-state index is 11.3. The number of carbonyl (C=O) groups excluding carboxylic acids is 1. The lowest BCUT2D eigenvalue weighted by atomic mass is 9.97. The molecule has 0 radical (unpaired) electrons. The van der Waals surface area contributed by atoms with Crippen LogP contribution in [0.2, 0.25) is 0 Å². The van der Waals surface area contributed by atoms with Crippen LogP contribution in [0.1, 0.15) is 18.1 Å². The van der Waals surface area contributed by atoms with Gasteiger partial charge in [0.2, 0.25) is 0 Å². The molecule has 2 rings (SSSR count).